The highest BCUT2D eigenvalue weighted by molar-refractivity contribution is 5.66. The standard InChI is InChI=1S/C13H24O2/c1-2-3-4-5-6-7-8-9-10-11-12-13(14)15/h2-3H,4-12H2,1H3,(H,14,15)/b3-2+/i5D2. The van der Waals surface area contributed by atoms with E-state index >= 15 is 0 Å². The molecule has 0 aromatic carbocycles. The summed E-state index contributed by atoms with van der Waals surface area (Å²) in [5.74, 6) is -0.729. The second-order valence-electron chi connectivity index (χ2n) is 3.68. The van der Waals surface area contributed by atoms with E-state index in [1.54, 1.807) is 0 Å². The zero-order valence-corrected chi connectivity index (χ0v) is 9.67. The van der Waals surface area contributed by atoms with Crippen LogP contribution in [0.5, 0.6) is 0 Å². The lowest BCUT2D eigenvalue weighted by atomic mass is 10.1. The summed E-state index contributed by atoms with van der Waals surface area (Å²) in [5, 5.41) is 8.45. The molecule has 15 heavy (non-hydrogen) atoms. The number of hydrogen-bond donors (Lipinski definition) is 1. The molecule has 0 radical (unpaired) electrons. The van der Waals surface area contributed by atoms with Crippen LogP contribution in [0.1, 0.15) is 67.4 Å². The van der Waals surface area contributed by atoms with Gasteiger partial charge >= 0.3 is 5.97 Å². The van der Waals surface area contributed by atoms with E-state index in [2.05, 4.69) is 0 Å². The van der Waals surface area contributed by atoms with Crippen LogP contribution in [0.4, 0.5) is 0 Å². The van der Waals surface area contributed by atoms with E-state index in [1.807, 2.05) is 19.1 Å². The molecule has 0 saturated heterocycles. The van der Waals surface area contributed by atoms with Gasteiger partial charge in [0.15, 0.2) is 0 Å². The van der Waals surface area contributed by atoms with Crippen molar-refractivity contribution in [1.82, 2.24) is 0 Å². The van der Waals surface area contributed by atoms with Crippen molar-refractivity contribution >= 4 is 5.97 Å². The first-order valence-corrected chi connectivity index (χ1v) is 5.81. The van der Waals surface area contributed by atoms with Crippen molar-refractivity contribution in [2.24, 2.45) is 0 Å². The minimum atomic E-state index is -1.09. The maximum absolute atomic E-state index is 10.3. The van der Waals surface area contributed by atoms with E-state index in [4.69, 9.17) is 7.85 Å². The van der Waals surface area contributed by atoms with E-state index in [0.717, 1.165) is 32.1 Å². The largest absolute Gasteiger partial charge is 0.481 e. The molecule has 2 nitrogen and oxygen atoms in total. The Morgan fingerprint density at radius 1 is 1.20 bits per heavy atom. The second kappa shape index (κ2) is 11.3. The van der Waals surface area contributed by atoms with Crippen molar-refractivity contribution in [2.45, 2.75) is 64.7 Å². The Bertz CT molecular complexity index is 238. The second-order valence-corrected chi connectivity index (χ2v) is 3.68. The van der Waals surface area contributed by atoms with Crippen LogP contribution >= 0.6 is 0 Å². The first-order valence-electron chi connectivity index (χ1n) is 6.81. The normalized spacial score (nSPS) is 13.9. The predicted molar refractivity (Wildman–Crippen MR) is 64.0 cm³/mol. The average molecular weight is 214 g/mol. The molecule has 0 bridgehead atoms. The first kappa shape index (κ1) is 10.7. The molecule has 0 unspecified atom stereocenters. The number of aliphatic carboxylic acids is 1. The van der Waals surface area contributed by atoms with Crippen LogP contribution in [0.25, 0.3) is 0 Å². The quantitative estimate of drug-likeness (QED) is 0.438. The van der Waals surface area contributed by atoms with Crippen LogP contribution in [0.15, 0.2) is 12.2 Å². The van der Waals surface area contributed by atoms with Crippen LogP contribution in [0.2, 0.25) is 0 Å². The molecule has 0 amide bonds. The highest BCUT2D eigenvalue weighted by atomic mass is 16.4. The summed E-state index contributed by atoms with van der Waals surface area (Å²) in [6, 6.07) is 0. The van der Waals surface area contributed by atoms with E-state index < -0.39 is 12.3 Å². The number of hydrogen-bond acceptors (Lipinski definition) is 1. The van der Waals surface area contributed by atoms with Crippen molar-refractivity contribution in [1.29, 1.82) is 0 Å². The molecule has 0 heterocycles. The first-order chi connectivity index (χ1) is 7.98. The highest BCUT2D eigenvalue weighted by Crippen LogP contribution is 2.09. The maximum Gasteiger partial charge on any atom is 0.303 e. The molecule has 0 aliphatic carbocycles. The third-order valence-electron chi connectivity index (χ3n) is 2.24. The van der Waals surface area contributed by atoms with Crippen molar-refractivity contribution < 1.29 is 12.6 Å². The molecule has 2 heteroatoms. The van der Waals surface area contributed by atoms with Gasteiger partial charge in [0.25, 0.3) is 0 Å². The van der Waals surface area contributed by atoms with Crippen molar-refractivity contribution in [3.8, 4) is 0 Å². The molecule has 0 aliphatic heterocycles. The van der Waals surface area contributed by atoms with Crippen LogP contribution in [0, 0.1) is 0 Å². The van der Waals surface area contributed by atoms with Crippen LogP contribution in [0.3, 0.4) is 0 Å². The molecule has 0 atom stereocenters. The third kappa shape index (κ3) is 13.2. The highest BCUT2D eigenvalue weighted by Gasteiger charge is 1.96. The Balaban J connectivity index is 3.41. The summed E-state index contributed by atoms with van der Waals surface area (Å²) in [4.78, 5) is 10.3. The smallest absolute Gasteiger partial charge is 0.303 e. The van der Waals surface area contributed by atoms with Gasteiger partial charge in [0.1, 0.15) is 0 Å². The van der Waals surface area contributed by atoms with Gasteiger partial charge in [-0.05, 0) is 26.1 Å². The lowest BCUT2D eigenvalue weighted by molar-refractivity contribution is -0.137. The molecule has 0 aliphatic rings. The molecule has 88 valence electrons. The van der Waals surface area contributed by atoms with Gasteiger partial charge < -0.3 is 5.11 Å². The van der Waals surface area contributed by atoms with Gasteiger partial charge in [0, 0.05) is 9.16 Å². The molecule has 0 fully saturated rings. The summed E-state index contributed by atoms with van der Waals surface area (Å²) in [6.45, 7) is 1.90. The Morgan fingerprint density at radius 3 is 2.40 bits per heavy atom. The fourth-order valence-electron chi connectivity index (χ4n) is 1.36. The topological polar surface area (TPSA) is 37.3 Å². The van der Waals surface area contributed by atoms with Gasteiger partial charge in [0.2, 0.25) is 0 Å². The molecular weight excluding hydrogens is 188 g/mol. The summed E-state index contributed by atoms with van der Waals surface area (Å²) in [7, 11) is 0. The summed E-state index contributed by atoms with van der Waals surface area (Å²) in [5.41, 5.74) is 0. The number of allylic oxidation sites excluding steroid dienone is 2. The van der Waals surface area contributed by atoms with Gasteiger partial charge in [-0.2, -0.15) is 0 Å². The van der Waals surface area contributed by atoms with Gasteiger partial charge in [0.05, 0.1) is 0 Å². The molecular formula is C13H24O2. The Morgan fingerprint density at radius 2 is 1.80 bits per heavy atom. The number of carboxylic acid groups (broad SMARTS) is 1. The average Bonchev–Trinajstić information content (AvgIpc) is 2.24. The SMILES string of the molecule is [2H]C([2H])(C/C=C/C)CCCCCCCC(=O)O. The van der Waals surface area contributed by atoms with Crippen LogP contribution in [-0.2, 0) is 4.79 Å². The van der Waals surface area contributed by atoms with E-state index in [-0.39, 0.29) is 6.42 Å². The fourth-order valence-corrected chi connectivity index (χ4v) is 1.36. The third-order valence-corrected chi connectivity index (χ3v) is 2.24. The molecule has 0 spiro atoms. The zero-order valence-electron chi connectivity index (χ0n) is 11.7. The molecule has 0 saturated carbocycles. The van der Waals surface area contributed by atoms with Gasteiger partial charge in [-0.15, -0.1) is 0 Å². The minimum absolute atomic E-state index is 0.252. The number of rotatable bonds is 10. The number of carboxylic acids is 1. The molecule has 1 N–H and O–H groups in total. The number of unbranched alkanes of at least 4 members (excludes halogenated alkanes) is 4. The Hall–Kier alpha value is -0.790. The molecule has 0 aromatic heterocycles. The monoisotopic (exact) mass is 214 g/mol. The lowest BCUT2D eigenvalue weighted by Gasteiger charge is -1.99. The summed E-state index contributed by atoms with van der Waals surface area (Å²) < 4.78 is 15.5. The van der Waals surface area contributed by atoms with Crippen LogP contribution < -0.4 is 0 Å². The van der Waals surface area contributed by atoms with E-state index in [9.17, 15) is 4.79 Å². The van der Waals surface area contributed by atoms with Crippen LogP contribution in [-0.4, -0.2) is 11.1 Å². The van der Waals surface area contributed by atoms with Crippen molar-refractivity contribution in [3.05, 3.63) is 12.2 Å². The molecule has 0 rings (SSSR count). The Labute approximate surface area is 96.2 Å². The van der Waals surface area contributed by atoms with Crippen molar-refractivity contribution in [3.63, 3.8) is 0 Å². The predicted octanol–water partition coefficient (Wildman–Crippen LogP) is 4.16. The van der Waals surface area contributed by atoms with Crippen molar-refractivity contribution in [2.75, 3.05) is 0 Å². The lowest BCUT2D eigenvalue weighted by Crippen LogP contribution is -1.93. The van der Waals surface area contributed by atoms with Gasteiger partial charge in [-0.1, -0.05) is 44.3 Å². The summed E-state index contributed by atoms with van der Waals surface area (Å²) >= 11 is 0. The molecule has 0 aromatic rings. The zero-order chi connectivity index (χ0) is 13.1. The minimum Gasteiger partial charge on any atom is -0.481 e. The van der Waals surface area contributed by atoms with E-state index in [1.165, 1.54) is 0 Å². The summed E-state index contributed by atoms with van der Waals surface area (Å²) in [6.07, 6.45) is 8.55. The van der Waals surface area contributed by atoms with Gasteiger partial charge in [-0.25, -0.2) is 0 Å². The van der Waals surface area contributed by atoms with Gasteiger partial charge in [-0.3, -0.25) is 4.79 Å². The van der Waals surface area contributed by atoms with E-state index in [0.29, 0.717) is 12.8 Å². The fraction of sp³-hybridized carbons (Fsp3) is 0.769. The number of carbonyl (C=O) groups is 1. The Kier molecular flexibility index (Phi) is 8.06. The maximum atomic E-state index is 10.3.